The number of nitrogens with zero attached hydrogens (tertiary/aromatic N) is 2. The maximum Gasteiger partial charge on any atom is 0.243 e. The zero-order chi connectivity index (χ0) is 15.0. The second-order valence-electron chi connectivity index (χ2n) is 5.34. The molecule has 1 aromatic heterocycles. The van der Waals surface area contributed by atoms with Crippen LogP contribution >= 0.6 is 12.4 Å². The van der Waals surface area contributed by atoms with Crippen molar-refractivity contribution in [1.29, 1.82) is 0 Å². The first kappa shape index (κ1) is 17.0. The van der Waals surface area contributed by atoms with Crippen molar-refractivity contribution in [2.45, 2.75) is 17.9 Å². The topological polar surface area (TPSA) is 89.4 Å². The van der Waals surface area contributed by atoms with Crippen molar-refractivity contribution < 1.29 is 12.9 Å². The van der Waals surface area contributed by atoms with Gasteiger partial charge in [0.1, 0.15) is 0 Å². The Morgan fingerprint density at radius 3 is 2.59 bits per heavy atom. The number of sulfonamides is 1. The van der Waals surface area contributed by atoms with E-state index in [-0.39, 0.29) is 29.3 Å². The van der Waals surface area contributed by atoms with E-state index in [4.69, 9.17) is 10.3 Å². The summed E-state index contributed by atoms with van der Waals surface area (Å²) in [5, 5.41) is 3.64. The predicted molar refractivity (Wildman–Crippen MR) is 85.1 cm³/mol. The van der Waals surface area contributed by atoms with Crippen LogP contribution in [0.25, 0.3) is 11.3 Å². The lowest BCUT2D eigenvalue weighted by atomic mass is 10.1. The van der Waals surface area contributed by atoms with Crippen LogP contribution in [0, 0.1) is 5.92 Å². The first-order valence-corrected chi connectivity index (χ1v) is 8.20. The molecule has 1 fully saturated rings. The minimum atomic E-state index is -3.60. The zero-order valence-corrected chi connectivity index (χ0v) is 13.7. The number of benzene rings is 1. The van der Waals surface area contributed by atoms with Crippen LogP contribution in [0.1, 0.15) is 6.92 Å². The van der Waals surface area contributed by atoms with Gasteiger partial charge in [0.2, 0.25) is 10.0 Å². The third kappa shape index (κ3) is 2.89. The third-order valence-electron chi connectivity index (χ3n) is 3.85. The molecular formula is C14H18ClN3O3S. The van der Waals surface area contributed by atoms with E-state index in [0.717, 1.165) is 0 Å². The minimum Gasteiger partial charge on any atom is -0.356 e. The van der Waals surface area contributed by atoms with Crippen molar-refractivity contribution in [3.05, 3.63) is 36.5 Å². The first-order chi connectivity index (χ1) is 10.00. The Balaban J connectivity index is 0.00000176. The molecular weight excluding hydrogens is 326 g/mol. The molecule has 22 heavy (non-hydrogen) atoms. The van der Waals surface area contributed by atoms with Crippen molar-refractivity contribution >= 4 is 22.4 Å². The molecule has 1 aliphatic rings. The van der Waals surface area contributed by atoms with Crippen LogP contribution in [0.15, 0.2) is 45.9 Å². The van der Waals surface area contributed by atoms with Crippen molar-refractivity contribution in [1.82, 2.24) is 9.46 Å². The lowest BCUT2D eigenvalue weighted by Gasteiger charge is -2.17. The van der Waals surface area contributed by atoms with Crippen LogP contribution in [0.2, 0.25) is 0 Å². The fourth-order valence-corrected chi connectivity index (χ4v) is 4.31. The summed E-state index contributed by atoms with van der Waals surface area (Å²) in [6, 6.07) is 8.29. The third-order valence-corrected chi connectivity index (χ3v) is 5.73. The summed E-state index contributed by atoms with van der Waals surface area (Å²) in [5.41, 5.74) is 6.46. The number of halogens is 1. The van der Waals surface area contributed by atoms with Gasteiger partial charge in [-0.2, -0.15) is 4.31 Å². The molecule has 2 atom stereocenters. The Morgan fingerprint density at radius 2 is 2.00 bits per heavy atom. The summed E-state index contributed by atoms with van der Waals surface area (Å²) in [7, 11) is -3.60. The van der Waals surface area contributed by atoms with Gasteiger partial charge in [0.05, 0.1) is 11.1 Å². The van der Waals surface area contributed by atoms with Crippen LogP contribution in [0.3, 0.4) is 0 Å². The Bertz CT molecular complexity index is 724. The average Bonchev–Trinajstić information content (AvgIpc) is 3.10. The van der Waals surface area contributed by atoms with Gasteiger partial charge in [-0.1, -0.05) is 24.2 Å². The van der Waals surface area contributed by atoms with Gasteiger partial charge in [-0.15, -0.1) is 12.4 Å². The lowest BCUT2D eigenvalue weighted by molar-refractivity contribution is 0.430. The average molecular weight is 344 g/mol. The van der Waals surface area contributed by atoms with Gasteiger partial charge in [0, 0.05) is 30.8 Å². The van der Waals surface area contributed by atoms with Gasteiger partial charge in [0.15, 0.2) is 5.76 Å². The summed E-state index contributed by atoms with van der Waals surface area (Å²) in [6.45, 7) is 2.74. The molecule has 0 bridgehead atoms. The highest BCUT2D eigenvalue weighted by Gasteiger charge is 2.36. The number of aromatic nitrogens is 1. The SMILES string of the molecule is CC1CN(S(=O)(=O)c2ccccc2-c2ccno2)CC1N.Cl. The van der Waals surface area contributed by atoms with Crippen LogP contribution in [0.4, 0.5) is 0 Å². The molecule has 1 aliphatic heterocycles. The summed E-state index contributed by atoms with van der Waals surface area (Å²) in [5.74, 6) is 0.586. The highest BCUT2D eigenvalue weighted by atomic mass is 35.5. The molecule has 0 saturated carbocycles. The molecule has 2 aromatic rings. The standard InChI is InChI=1S/C14H17N3O3S.ClH/c1-10-8-17(9-12(10)15)21(18,19)14-5-3-2-4-11(14)13-6-7-16-20-13;/h2-7,10,12H,8-9,15H2,1H3;1H. The van der Waals surface area contributed by atoms with E-state index in [2.05, 4.69) is 5.16 Å². The van der Waals surface area contributed by atoms with E-state index >= 15 is 0 Å². The van der Waals surface area contributed by atoms with Crippen LogP contribution < -0.4 is 5.73 Å². The molecule has 2 unspecified atom stereocenters. The molecule has 120 valence electrons. The Hall–Kier alpha value is -1.41. The maximum absolute atomic E-state index is 12.8. The molecule has 3 rings (SSSR count). The highest BCUT2D eigenvalue weighted by molar-refractivity contribution is 7.89. The molecule has 1 saturated heterocycles. The summed E-state index contributed by atoms with van der Waals surface area (Å²) in [6.07, 6.45) is 1.49. The maximum atomic E-state index is 12.8. The van der Waals surface area contributed by atoms with Gasteiger partial charge < -0.3 is 10.3 Å². The molecule has 2 heterocycles. The van der Waals surface area contributed by atoms with E-state index in [1.807, 2.05) is 6.92 Å². The minimum absolute atomic E-state index is 0. The number of nitrogens with two attached hydrogens (primary N) is 1. The Kier molecular flexibility index (Phi) is 4.91. The second-order valence-corrected chi connectivity index (χ2v) is 7.24. The smallest absolute Gasteiger partial charge is 0.243 e. The molecule has 8 heteroatoms. The molecule has 0 aliphatic carbocycles. The number of rotatable bonds is 3. The fourth-order valence-electron chi connectivity index (χ4n) is 2.53. The van der Waals surface area contributed by atoms with E-state index in [0.29, 0.717) is 24.4 Å². The summed E-state index contributed by atoms with van der Waals surface area (Å²) < 4.78 is 32.2. The van der Waals surface area contributed by atoms with E-state index in [1.165, 1.54) is 10.5 Å². The molecule has 0 radical (unpaired) electrons. The number of hydrogen-bond acceptors (Lipinski definition) is 5. The highest BCUT2D eigenvalue weighted by Crippen LogP contribution is 2.31. The monoisotopic (exact) mass is 343 g/mol. The number of hydrogen-bond donors (Lipinski definition) is 1. The van der Waals surface area contributed by atoms with Gasteiger partial charge in [-0.25, -0.2) is 8.42 Å². The van der Waals surface area contributed by atoms with Crippen molar-refractivity contribution in [3.8, 4) is 11.3 Å². The largest absolute Gasteiger partial charge is 0.356 e. The normalized spacial score (nSPS) is 22.5. The fraction of sp³-hybridized carbons (Fsp3) is 0.357. The lowest BCUT2D eigenvalue weighted by Crippen LogP contribution is -2.32. The Morgan fingerprint density at radius 1 is 1.27 bits per heavy atom. The van der Waals surface area contributed by atoms with Crippen molar-refractivity contribution in [2.24, 2.45) is 11.7 Å². The molecule has 0 amide bonds. The summed E-state index contributed by atoms with van der Waals surface area (Å²) >= 11 is 0. The summed E-state index contributed by atoms with van der Waals surface area (Å²) in [4.78, 5) is 0.225. The Labute approximate surface area is 135 Å². The van der Waals surface area contributed by atoms with Gasteiger partial charge in [-0.3, -0.25) is 0 Å². The van der Waals surface area contributed by atoms with Gasteiger partial charge in [0.25, 0.3) is 0 Å². The quantitative estimate of drug-likeness (QED) is 0.916. The van der Waals surface area contributed by atoms with Crippen LogP contribution in [-0.2, 0) is 10.0 Å². The van der Waals surface area contributed by atoms with E-state index < -0.39 is 10.0 Å². The second kappa shape index (κ2) is 6.37. The molecule has 2 N–H and O–H groups in total. The van der Waals surface area contributed by atoms with Gasteiger partial charge >= 0.3 is 0 Å². The zero-order valence-electron chi connectivity index (χ0n) is 12.0. The molecule has 0 spiro atoms. The van der Waals surface area contributed by atoms with Crippen LogP contribution in [-0.4, -0.2) is 37.0 Å². The molecule has 1 aromatic carbocycles. The predicted octanol–water partition coefficient (Wildman–Crippen LogP) is 1.73. The van der Waals surface area contributed by atoms with E-state index in [9.17, 15) is 8.42 Å². The van der Waals surface area contributed by atoms with Crippen LogP contribution in [0.5, 0.6) is 0 Å². The van der Waals surface area contributed by atoms with Crippen molar-refractivity contribution in [2.75, 3.05) is 13.1 Å². The first-order valence-electron chi connectivity index (χ1n) is 6.76. The van der Waals surface area contributed by atoms with E-state index in [1.54, 1.807) is 30.3 Å². The van der Waals surface area contributed by atoms with Gasteiger partial charge in [-0.05, 0) is 18.1 Å². The van der Waals surface area contributed by atoms with Crippen molar-refractivity contribution in [3.63, 3.8) is 0 Å². The molecule has 6 nitrogen and oxygen atoms in total.